The van der Waals surface area contributed by atoms with Crippen LogP contribution in [0.15, 0.2) is 22.7 Å². The number of rotatable bonds is 5. The lowest BCUT2D eigenvalue weighted by atomic mass is 9.87. The topological polar surface area (TPSA) is 21.3 Å². The maximum absolute atomic E-state index is 5.26. The van der Waals surface area contributed by atoms with Crippen LogP contribution >= 0.6 is 15.9 Å². The molecule has 100 valence electrons. The van der Waals surface area contributed by atoms with E-state index in [1.54, 1.807) is 7.11 Å². The second-order valence-electron chi connectivity index (χ2n) is 5.10. The van der Waals surface area contributed by atoms with Gasteiger partial charge in [0.25, 0.3) is 0 Å². The minimum Gasteiger partial charge on any atom is -0.497 e. The van der Waals surface area contributed by atoms with Crippen LogP contribution in [0.1, 0.15) is 38.5 Å². The Morgan fingerprint density at radius 3 is 2.72 bits per heavy atom. The summed E-state index contributed by atoms with van der Waals surface area (Å²) in [5.74, 6) is 1.82. The average Bonchev–Trinajstić information content (AvgIpc) is 2.39. The first-order valence-electron chi connectivity index (χ1n) is 6.86. The van der Waals surface area contributed by atoms with Crippen LogP contribution in [0.4, 0.5) is 5.69 Å². The molecule has 0 atom stereocenters. The van der Waals surface area contributed by atoms with Gasteiger partial charge in [-0.3, -0.25) is 0 Å². The number of ether oxygens (including phenoxy) is 1. The van der Waals surface area contributed by atoms with Gasteiger partial charge >= 0.3 is 0 Å². The minimum atomic E-state index is 0.893. The van der Waals surface area contributed by atoms with Crippen molar-refractivity contribution in [3.63, 3.8) is 0 Å². The van der Waals surface area contributed by atoms with Gasteiger partial charge in [-0.15, -0.1) is 0 Å². The summed E-state index contributed by atoms with van der Waals surface area (Å²) in [6.45, 7) is 1.06. The van der Waals surface area contributed by atoms with Crippen LogP contribution in [0.5, 0.6) is 5.75 Å². The monoisotopic (exact) mass is 311 g/mol. The molecule has 1 fully saturated rings. The summed E-state index contributed by atoms with van der Waals surface area (Å²) in [5, 5.41) is 3.50. The maximum atomic E-state index is 5.26. The molecule has 18 heavy (non-hydrogen) atoms. The van der Waals surface area contributed by atoms with E-state index in [0.717, 1.165) is 28.4 Å². The first kappa shape index (κ1) is 13.7. The molecule has 1 aromatic carbocycles. The van der Waals surface area contributed by atoms with Gasteiger partial charge in [0.15, 0.2) is 0 Å². The zero-order valence-electron chi connectivity index (χ0n) is 11.0. The van der Waals surface area contributed by atoms with E-state index in [-0.39, 0.29) is 0 Å². The first-order valence-corrected chi connectivity index (χ1v) is 7.65. The molecule has 0 saturated heterocycles. The predicted octanol–water partition coefficient (Wildman–Crippen LogP) is 4.84. The van der Waals surface area contributed by atoms with Crippen molar-refractivity contribution in [2.45, 2.75) is 38.5 Å². The molecule has 0 aliphatic heterocycles. The quantitative estimate of drug-likeness (QED) is 0.840. The Morgan fingerprint density at radius 2 is 2.00 bits per heavy atom. The second kappa shape index (κ2) is 7.03. The van der Waals surface area contributed by atoms with Crippen molar-refractivity contribution >= 4 is 21.6 Å². The lowest BCUT2D eigenvalue weighted by Crippen LogP contribution is -2.12. The molecule has 1 aromatic rings. The van der Waals surface area contributed by atoms with Gasteiger partial charge in [0.2, 0.25) is 0 Å². The molecule has 1 aliphatic carbocycles. The van der Waals surface area contributed by atoms with Gasteiger partial charge in [-0.1, -0.05) is 48.0 Å². The molecule has 0 heterocycles. The second-order valence-corrected chi connectivity index (χ2v) is 6.01. The van der Waals surface area contributed by atoms with Crippen molar-refractivity contribution in [3.05, 3.63) is 22.7 Å². The molecular weight excluding hydrogens is 290 g/mol. The summed E-state index contributed by atoms with van der Waals surface area (Å²) in [5.41, 5.74) is 1.14. The predicted molar refractivity (Wildman–Crippen MR) is 80.4 cm³/mol. The van der Waals surface area contributed by atoms with Crippen LogP contribution in [0, 0.1) is 5.92 Å². The minimum absolute atomic E-state index is 0.893. The van der Waals surface area contributed by atoms with Crippen molar-refractivity contribution in [1.29, 1.82) is 0 Å². The van der Waals surface area contributed by atoms with Crippen molar-refractivity contribution in [1.82, 2.24) is 0 Å². The molecule has 1 aliphatic rings. The molecule has 1 saturated carbocycles. The molecule has 3 heteroatoms. The average molecular weight is 312 g/mol. The van der Waals surface area contributed by atoms with E-state index >= 15 is 0 Å². The van der Waals surface area contributed by atoms with E-state index in [0.29, 0.717) is 0 Å². The van der Waals surface area contributed by atoms with Crippen molar-refractivity contribution in [3.8, 4) is 5.75 Å². The van der Waals surface area contributed by atoms with Crippen molar-refractivity contribution in [2.75, 3.05) is 19.0 Å². The highest BCUT2D eigenvalue weighted by Gasteiger charge is 2.12. The number of anilines is 1. The van der Waals surface area contributed by atoms with E-state index in [9.17, 15) is 0 Å². The number of nitrogens with one attached hydrogen (secondary N) is 1. The molecule has 0 amide bonds. The van der Waals surface area contributed by atoms with Gasteiger partial charge in [0.1, 0.15) is 5.75 Å². The largest absolute Gasteiger partial charge is 0.497 e. The SMILES string of the molecule is COc1cc(Br)cc(NCCC2CCCCC2)c1. The number of hydrogen-bond acceptors (Lipinski definition) is 2. The Bertz CT molecular complexity index is 375. The lowest BCUT2D eigenvalue weighted by molar-refractivity contribution is 0.345. The van der Waals surface area contributed by atoms with Crippen LogP contribution in [0.2, 0.25) is 0 Å². The van der Waals surface area contributed by atoms with Gasteiger partial charge in [0, 0.05) is 22.8 Å². The zero-order valence-corrected chi connectivity index (χ0v) is 12.6. The Labute approximate surface area is 118 Å². The van der Waals surface area contributed by atoms with Crippen molar-refractivity contribution < 1.29 is 4.74 Å². The summed E-state index contributed by atoms with van der Waals surface area (Å²) >= 11 is 3.50. The van der Waals surface area contributed by atoms with Crippen molar-refractivity contribution in [2.24, 2.45) is 5.92 Å². The van der Waals surface area contributed by atoms with E-state index < -0.39 is 0 Å². The van der Waals surface area contributed by atoms with Crippen LogP contribution in [0.3, 0.4) is 0 Å². The molecular formula is C15H22BrNO. The molecule has 0 aromatic heterocycles. The van der Waals surface area contributed by atoms with Crippen LogP contribution < -0.4 is 10.1 Å². The molecule has 0 unspecified atom stereocenters. The fourth-order valence-electron chi connectivity index (χ4n) is 2.68. The molecule has 0 radical (unpaired) electrons. The zero-order chi connectivity index (χ0) is 12.8. The Morgan fingerprint density at radius 1 is 1.22 bits per heavy atom. The summed E-state index contributed by atoms with van der Waals surface area (Å²) in [7, 11) is 1.70. The van der Waals surface area contributed by atoms with E-state index in [1.165, 1.54) is 38.5 Å². The summed E-state index contributed by atoms with van der Waals surface area (Å²) < 4.78 is 6.32. The van der Waals surface area contributed by atoms with E-state index in [2.05, 4.69) is 27.3 Å². The Hall–Kier alpha value is -0.700. The molecule has 1 N–H and O–H groups in total. The van der Waals surface area contributed by atoms with Gasteiger partial charge in [-0.25, -0.2) is 0 Å². The van der Waals surface area contributed by atoms with Crippen LogP contribution in [-0.2, 0) is 0 Å². The highest BCUT2D eigenvalue weighted by atomic mass is 79.9. The van der Waals surface area contributed by atoms with Gasteiger partial charge in [-0.2, -0.15) is 0 Å². The lowest BCUT2D eigenvalue weighted by Gasteiger charge is -2.21. The number of halogens is 1. The Balaban J connectivity index is 1.80. The number of hydrogen-bond donors (Lipinski definition) is 1. The summed E-state index contributed by atoms with van der Waals surface area (Å²) in [4.78, 5) is 0. The third kappa shape index (κ3) is 4.20. The highest BCUT2D eigenvalue weighted by Crippen LogP contribution is 2.27. The number of methoxy groups -OCH3 is 1. The van der Waals surface area contributed by atoms with Crippen LogP contribution in [-0.4, -0.2) is 13.7 Å². The van der Waals surface area contributed by atoms with Gasteiger partial charge in [-0.05, 0) is 24.5 Å². The molecule has 0 bridgehead atoms. The normalized spacial score (nSPS) is 16.6. The third-order valence-corrected chi connectivity index (χ3v) is 4.17. The molecule has 2 rings (SSSR count). The van der Waals surface area contributed by atoms with Gasteiger partial charge < -0.3 is 10.1 Å². The summed E-state index contributed by atoms with van der Waals surface area (Å²) in [6, 6.07) is 6.13. The molecule has 2 nitrogen and oxygen atoms in total. The fourth-order valence-corrected chi connectivity index (χ4v) is 3.15. The number of benzene rings is 1. The highest BCUT2D eigenvalue weighted by molar-refractivity contribution is 9.10. The van der Waals surface area contributed by atoms with Crippen LogP contribution in [0.25, 0.3) is 0 Å². The summed E-state index contributed by atoms with van der Waals surface area (Å²) in [6.07, 6.45) is 8.42. The maximum Gasteiger partial charge on any atom is 0.122 e. The smallest absolute Gasteiger partial charge is 0.122 e. The Kier molecular flexibility index (Phi) is 5.36. The first-order chi connectivity index (χ1) is 8.78. The van der Waals surface area contributed by atoms with E-state index in [1.807, 2.05) is 12.1 Å². The standard InChI is InChI=1S/C15H22BrNO/c1-18-15-10-13(16)9-14(11-15)17-8-7-12-5-3-2-4-6-12/h9-12,17H,2-8H2,1H3. The fraction of sp³-hybridized carbons (Fsp3) is 0.600. The molecule has 0 spiro atoms. The third-order valence-electron chi connectivity index (χ3n) is 3.71. The van der Waals surface area contributed by atoms with E-state index in [4.69, 9.17) is 4.74 Å². The van der Waals surface area contributed by atoms with Gasteiger partial charge in [0.05, 0.1) is 7.11 Å².